The smallest absolute Gasteiger partial charge is 0.198 e. The first-order chi connectivity index (χ1) is 5.24. The molecule has 62 valence electrons. The second kappa shape index (κ2) is 3.53. The van der Waals surface area contributed by atoms with Crippen LogP contribution in [0.5, 0.6) is 0 Å². The van der Waals surface area contributed by atoms with Crippen LogP contribution < -0.4 is 10.4 Å². The Bertz CT molecular complexity index is 227. The number of hydrogen-bond acceptors (Lipinski definition) is 1. The van der Waals surface area contributed by atoms with Gasteiger partial charge in [0.25, 0.3) is 0 Å². The minimum atomic E-state index is 0.761. The second-order valence-electron chi connectivity index (χ2n) is 2.88. The number of nitrogens with two attached hydrogens (primary N) is 1. The molecular formula is C8H16N3+. The van der Waals surface area contributed by atoms with Crippen LogP contribution in [0.4, 0.5) is 0 Å². The summed E-state index contributed by atoms with van der Waals surface area (Å²) >= 11 is 0. The standard InChI is InChI=1S/C8H16N3/c1-8-6-10(2)11(7-8)5-3-4-9/h6-7H,3-5,9H2,1-2H3/q+1. The van der Waals surface area contributed by atoms with Crippen LogP contribution in [0.3, 0.4) is 0 Å². The van der Waals surface area contributed by atoms with Crippen molar-refractivity contribution in [2.75, 3.05) is 6.54 Å². The lowest BCUT2D eigenvalue weighted by Crippen LogP contribution is -2.38. The van der Waals surface area contributed by atoms with Crippen molar-refractivity contribution in [3.05, 3.63) is 18.0 Å². The molecule has 3 heteroatoms. The van der Waals surface area contributed by atoms with Crippen molar-refractivity contribution in [1.82, 2.24) is 4.68 Å². The monoisotopic (exact) mass is 154 g/mol. The Morgan fingerprint density at radius 3 is 2.82 bits per heavy atom. The van der Waals surface area contributed by atoms with Gasteiger partial charge in [-0.2, -0.15) is 4.68 Å². The quantitative estimate of drug-likeness (QED) is 0.610. The average molecular weight is 154 g/mol. The van der Waals surface area contributed by atoms with Crippen molar-refractivity contribution in [3.8, 4) is 0 Å². The second-order valence-corrected chi connectivity index (χ2v) is 2.88. The fraction of sp³-hybridized carbons (Fsp3) is 0.625. The van der Waals surface area contributed by atoms with E-state index in [4.69, 9.17) is 5.73 Å². The van der Waals surface area contributed by atoms with Crippen LogP contribution in [0.1, 0.15) is 12.0 Å². The summed E-state index contributed by atoms with van der Waals surface area (Å²) in [7, 11) is 2.05. The lowest BCUT2D eigenvalue weighted by Gasteiger charge is -1.96. The molecule has 3 nitrogen and oxygen atoms in total. The number of hydrogen-bond donors (Lipinski definition) is 1. The van der Waals surface area contributed by atoms with Gasteiger partial charge in [-0.05, 0) is 19.9 Å². The molecule has 0 fully saturated rings. The predicted octanol–water partition coefficient (Wildman–Crippen LogP) is -0.0302. The van der Waals surface area contributed by atoms with Gasteiger partial charge in [0.05, 0.1) is 12.7 Å². The third kappa shape index (κ3) is 2.05. The topological polar surface area (TPSA) is 34.8 Å². The summed E-state index contributed by atoms with van der Waals surface area (Å²) < 4.78 is 4.26. The first-order valence-corrected chi connectivity index (χ1v) is 3.97. The molecule has 0 spiro atoms. The summed E-state index contributed by atoms with van der Waals surface area (Å²) in [4.78, 5) is 0. The van der Waals surface area contributed by atoms with Crippen molar-refractivity contribution >= 4 is 0 Å². The van der Waals surface area contributed by atoms with Crippen LogP contribution in [0.15, 0.2) is 12.4 Å². The van der Waals surface area contributed by atoms with E-state index in [-0.39, 0.29) is 0 Å². The summed E-state index contributed by atoms with van der Waals surface area (Å²) in [6, 6.07) is 0. The minimum Gasteiger partial charge on any atom is -0.330 e. The zero-order chi connectivity index (χ0) is 8.27. The predicted molar refractivity (Wildman–Crippen MR) is 44.0 cm³/mol. The normalized spacial score (nSPS) is 10.5. The van der Waals surface area contributed by atoms with E-state index in [1.807, 2.05) is 7.05 Å². The molecule has 11 heavy (non-hydrogen) atoms. The molecule has 0 aliphatic rings. The molecule has 0 atom stereocenters. The highest BCUT2D eigenvalue weighted by molar-refractivity contribution is 4.95. The van der Waals surface area contributed by atoms with Gasteiger partial charge >= 0.3 is 0 Å². The van der Waals surface area contributed by atoms with Crippen LogP contribution in [-0.4, -0.2) is 11.2 Å². The average Bonchev–Trinajstić information content (AvgIpc) is 2.26. The lowest BCUT2D eigenvalue weighted by molar-refractivity contribution is -0.753. The highest BCUT2D eigenvalue weighted by atomic mass is 15.4. The van der Waals surface area contributed by atoms with Crippen LogP contribution in [0, 0.1) is 6.92 Å². The van der Waals surface area contributed by atoms with Crippen molar-refractivity contribution in [3.63, 3.8) is 0 Å². The summed E-state index contributed by atoms with van der Waals surface area (Å²) in [6.07, 6.45) is 5.29. The highest BCUT2D eigenvalue weighted by Gasteiger charge is 2.03. The van der Waals surface area contributed by atoms with E-state index in [2.05, 4.69) is 28.7 Å². The summed E-state index contributed by atoms with van der Waals surface area (Å²) in [5.74, 6) is 0. The third-order valence-corrected chi connectivity index (χ3v) is 1.74. The number of nitrogens with zero attached hydrogens (tertiary/aromatic N) is 2. The SMILES string of the molecule is Cc1cn(CCCN)[n+](C)c1. The van der Waals surface area contributed by atoms with E-state index < -0.39 is 0 Å². The van der Waals surface area contributed by atoms with Crippen molar-refractivity contribution in [2.45, 2.75) is 19.9 Å². The van der Waals surface area contributed by atoms with E-state index in [0.29, 0.717) is 0 Å². The molecule has 1 aromatic heterocycles. The van der Waals surface area contributed by atoms with Gasteiger partial charge in [-0.3, -0.25) is 0 Å². The van der Waals surface area contributed by atoms with Crippen molar-refractivity contribution < 1.29 is 4.68 Å². The van der Waals surface area contributed by atoms with Crippen LogP contribution >= 0.6 is 0 Å². The van der Waals surface area contributed by atoms with E-state index in [1.54, 1.807) is 0 Å². The Kier molecular flexibility index (Phi) is 2.65. The van der Waals surface area contributed by atoms with Crippen LogP contribution in [-0.2, 0) is 13.6 Å². The number of aryl methyl sites for hydroxylation is 3. The molecule has 0 unspecified atom stereocenters. The van der Waals surface area contributed by atoms with Gasteiger partial charge in [-0.25, -0.2) is 0 Å². The van der Waals surface area contributed by atoms with E-state index in [9.17, 15) is 0 Å². The van der Waals surface area contributed by atoms with E-state index in [0.717, 1.165) is 19.5 Å². The molecule has 0 aliphatic carbocycles. The first kappa shape index (κ1) is 8.27. The summed E-state index contributed by atoms with van der Waals surface area (Å²) in [5, 5.41) is 0. The highest BCUT2D eigenvalue weighted by Crippen LogP contribution is 1.92. The molecule has 0 saturated heterocycles. The van der Waals surface area contributed by atoms with Gasteiger partial charge in [-0.15, -0.1) is 4.68 Å². The number of rotatable bonds is 3. The zero-order valence-corrected chi connectivity index (χ0v) is 7.25. The van der Waals surface area contributed by atoms with Crippen molar-refractivity contribution in [2.24, 2.45) is 12.8 Å². The molecule has 0 bridgehead atoms. The van der Waals surface area contributed by atoms with Crippen LogP contribution in [0.25, 0.3) is 0 Å². The lowest BCUT2D eigenvalue weighted by atomic mass is 10.4. The van der Waals surface area contributed by atoms with E-state index in [1.165, 1.54) is 5.56 Å². The fourth-order valence-electron chi connectivity index (χ4n) is 1.20. The summed E-state index contributed by atoms with van der Waals surface area (Å²) in [6.45, 7) is 3.87. The maximum absolute atomic E-state index is 5.41. The maximum Gasteiger partial charge on any atom is 0.198 e. The van der Waals surface area contributed by atoms with Crippen LogP contribution in [0.2, 0.25) is 0 Å². The molecule has 0 amide bonds. The molecule has 1 heterocycles. The molecule has 0 aliphatic heterocycles. The molecular weight excluding hydrogens is 138 g/mol. The number of aromatic nitrogens is 2. The Morgan fingerprint density at radius 1 is 1.64 bits per heavy atom. The minimum absolute atomic E-state index is 0.761. The summed E-state index contributed by atoms with van der Waals surface area (Å²) in [5.41, 5.74) is 6.71. The zero-order valence-electron chi connectivity index (χ0n) is 7.25. The maximum atomic E-state index is 5.41. The molecule has 1 aromatic rings. The fourth-order valence-corrected chi connectivity index (χ4v) is 1.20. The molecule has 0 saturated carbocycles. The Labute approximate surface area is 67.4 Å². The third-order valence-electron chi connectivity index (χ3n) is 1.74. The van der Waals surface area contributed by atoms with Gasteiger partial charge in [0.15, 0.2) is 13.2 Å². The Morgan fingerprint density at radius 2 is 2.36 bits per heavy atom. The van der Waals surface area contributed by atoms with Gasteiger partial charge < -0.3 is 5.73 Å². The van der Waals surface area contributed by atoms with Crippen molar-refractivity contribution in [1.29, 1.82) is 0 Å². The molecule has 2 N–H and O–H groups in total. The van der Waals surface area contributed by atoms with Gasteiger partial charge in [-0.1, -0.05) is 0 Å². The largest absolute Gasteiger partial charge is 0.330 e. The molecule has 0 radical (unpaired) electrons. The van der Waals surface area contributed by atoms with Gasteiger partial charge in [0, 0.05) is 5.56 Å². The van der Waals surface area contributed by atoms with Gasteiger partial charge in [0.1, 0.15) is 0 Å². The first-order valence-electron chi connectivity index (χ1n) is 3.97. The Balaban J connectivity index is 2.62. The van der Waals surface area contributed by atoms with Gasteiger partial charge in [0.2, 0.25) is 0 Å². The molecule has 1 rings (SSSR count). The molecule has 0 aromatic carbocycles. The Hall–Kier alpha value is -0.830. The van der Waals surface area contributed by atoms with E-state index >= 15 is 0 Å².